The molecule has 1 atom stereocenters. The summed E-state index contributed by atoms with van der Waals surface area (Å²) in [6.07, 6.45) is 2.13. The van der Waals surface area contributed by atoms with Crippen LogP contribution >= 0.6 is 11.6 Å². The van der Waals surface area contributed by atoms with Crippen molar-refractivity contribution in [2.45, 2.75) is 33.2 Å². The number of rotatable bonds is 7. The van der Waals surface area contributed by atoms with Crippen molar-refractivity contribution < 1.29 is 5.11 Å². The minimum Gasteiger partial charge on any atom is -0.396 e. The van der Waals surface area contributed by atoms with Crippen LogP contribution in [0.2, 0.25) is 5.02 Å². The zero-order valence-corrected chi connectivity index (χ0v) is 12.4. The van der Waals surface area contributed by atoms with Gasteiger partial charge in [-0.3, -0.25) is 0 Å². The highest BCUT2D eigenvalue weighted by Gasteiger charge is 2.24. The van der Waals surface area contributed by atoms with Gasteiger partial charge in [-0.05, 0) is 25.1 Å². The molecule has 1 unspecified atom stereocenters. The summed E-state index contributed by atoms with van der Waals surface area (Å²) in [5.74, 6) is 0. The molecular formula is C15H24ClNO. The third-order valence-corrected chi connectivity index (χ3v) is 3.65. The van der Waals surface area contributed by atoms with Crippen molar-refractivity contribution in [3.05, 3.63) is 34.9 Å². The normalized spacial score (nSPS) is 14.8. The number of aliphatic hydroxyl groups excluding tert-OH is 1. The second-order valence-electron chi connectivity index (χ2n) is 5.48. The van der Waals surface area contributed by atoms with Gasteiger partial charge in [0.15, 0.2) is 0 Å². The van der Waals surface area contributed by atoms with E-state index in [2.05, 4.69) is 31.9 Å². The van der Waals surface area contributed by atoms with Gasteiger partial charge in [0.25, 0.3) is 0 Å². The molecule has 102 valence electrons. The smallest absolute Gasteiger partial charge is 0.0497 e. The summed E-state index contributed by atoms with van der Waals surface area (Å²) in [5.41, 5.74) is 1.11. The average molecular weight is 270 g/mol. The molecule has 18 heavy (non-hydrogen) atoms. The number of halogens is 1. The van der Waals surface area contributed by atoms with E-state index in [1.54, 1.807) is 0 Å². The molecule has 0 aliphatic rings. The van der Waals surface area contributed by atoms with Crippen molar-refractivity contribution >= 4 is 11.6 Å². The zero-order valence-electron chi connectivity index (χ0n) is 11.6. The molecule has 0 saturated carbocycles. The summed E-state index contributed by atoms with van der Waals surface area (Å²) in [6, 6.07) is 7.92. The maximum Gasteiger partial charge on any atom is 0.0497 e. The molecule has 1 rings (SSSR count). The predicted octanol–water partition coefficient (Wildman–Crippen LogP) is 3.57. The highest BCUT2D eigenvalue weighted by molar-refractivity contribution is 6.31. The SMILES string of the molecule is CCCC(C)(CO)CN(C)Cc1ccccc1Cl. The Morgan fingerprint density at radius 3 is 2.56 bits per heavy atom. The first-order chi connectivity index (χ1) is 8.50. The topological polar surface area (TPSA) is 23.5 Å². The van der Waals surface area contributed by atoms with E-state index in [0.29, 0.717) is 0 Å². The Labute approximate surface area is 116 Å². The van der Waals surface area contributed by atoms with Gasteiger partial charge in [0.05, 0.1) is 0 Å². The van der Waals surface area contributed by atoms with Gasteiger partial charge < -0.3 is 10.0 Å². The van der Waals surface area contributed by atoms with Gasteiger partial charge in [-0.1, -0.05) is 50.1 Å². The average Bonchev–Trinajstić information content (AvgIpc) is 2.32. The quantitative estimate of drug-likeness (QED) is 0.818. The number of hydrogen-bond acceptors (Lipinski definition) is 2. The highest BCUT2D eigenvalue weighted by atomic mass is 35.5. The molecule has 0 radical (unpaired) electrons. The fraction of sp³-hybridized carbons (Fsp3) is 0.600. The molecule has 1 N–H and O–H groups in total. The first-order valence-corrected chi connectivity index (χ1v) is 6.91. The lowest BCUT2D eigenvalue weighted by molar-refractivity contribution is 0.0878. The standard InChI is InChI=1S/C15H24ClNO/c1-4-9-15(2,12-18)11-17(3)10-13-7-5-6-8-14(13)16/h5-8,18H,4,9-12H2,1-3H3. The summed E-state index contributed by atoms with van der Waals surface area (Å²) < 4.78 is 0. The number of nitrogens with zero attached hydrogens (tertiary/aromatic N) is 1. The van der Waals surface area contributed by atoms with E-state index < -0.39 is 0 Å². The summed E-state index contributed by atoms with van der Waals surface area (Å²) in [4.78, 5) is 2.23. The van der Waals surface area contributed by atoms with E-state index >= 15 is 0 Å². The van der Waals surface area contributed by atoms with Crippen LogP contribution in [0.25, 0.3) is 0 Å². The van der Waals surface area contributed by atoms with Gasteiger partial charge in [0.1, 0.15) is 0 Å². The van der Waals surface area contributed by atoms with Crippen LogP contribution in [-0.4, -0.2) is 30.2 Å². The molecule has 0 heterocycles. The molecular weight excluding hydrogens is 246 g/mol. The van der Waals surface area contributed by atoms with E-state index in [9.17, 15) is 5.11 Å². The summed E-state index contributed by atoms with van der Waals surface area (Å²) >= 11 is 6.16. The predicted molar refractivity (Wildman–Crippen MR) is 77.9 cm³/mol. The van der Waals surface area contributed by atoms with E-state index in [1.807, 2.05) is 18.2 Å². The minimum atomic E-state index is -0.0231. The maximum absolute atomic E-state index is 9.53. The highest BCUT2D eigenvalue weighted by Crippen LogP contribution is 2.25. The van der Waals surface area contributed by atoms with Gasteiger partial charge >= 0.3 is 0 Å². The molecule has 1 aromatic rings. The molecule has 0 saturated heterocycles. The third-order valence-electron chi connectivity index (χ3n) is 3.29. The van der Waals surface area contributed by atoms with Crippen LogP contribution in [0, 0.1) is 5.41 Å². The fourth-order valence-electron chi connectivity index (χ4n) is 2.44. The van der Waals surface area contributed by atoms with Crippen LogP contribution in [0.1, 0.15) is 32.3 Å². The van der Waals surface area contributed by atoms with Gasteiger partial charge in [0, 0.05) is 30.1 Å². The Morgan fingerprint density at radius 2 is 2.00 bits per heavy atom. The molecule has 0 aromatic heterocycles. The van der Waals surface area contributed by atoms with Gasteiger partial charge in [-0.15, -0.1) is 0 Å². The monoisotopic (exact) mass is 269 g/mol. The van der Waals surface area contributed by atoms with Gasteiger partial charge in [0.2, 0.25) is 0 Å². The van der Waals surface area contributed by atoms with Gasteiger partial charge in [-0.2, -0.15) is 0 Å². The molecule has 3 heteroatoms. The van der Waals surface area contributed by atoms with Crippen molar-refractivity contribution in [1.29, 1.82) is 0 Å². The first kappa shape index (κ1) is 15.5. The summed E-state index contributed by atoms with van der Waals surface area (Å²) in [6.45, 7) is 6.22. The molecule has 0 aliphatic carbocycles. The van der Waals surface area contributed by atoms with E-state index in [4.69, 9.17) is 11.6 Å². The Bertz CT molecular complexity index is 369. The molecule has 0 spiro atoms. The Kier molecular flexibility index (Phi) is 6.13. The van der Waals surface area contributed by atoms with Crippen LogP contribution in [-0.2, 0) is 6.54 Å². The summed E-state index contributed by atoms with van der Waals surface area (Å²) in [7, 11) is 2.08. The molecule has 1 aromatic carbocycles. The Hall–Kier alpha value is -0.570. The molecule has 0 amide bonds. The van der Waals surface area contributed by atoms with Crippen molar-refractivity contribution in [3.63, 3.8) is 0 Å². The maximum atomic E-state index is 9.53. The Morgan fingerprint density at radius 1 is 1.33 bits per heavy atom. The Balaban J connectivity index is 2.61. The van der Waals surface area contributed by atoms with Gasteiger partial charge in [-0.25, -0.2) is 0 Å². The summed E-state index contributed by atoms with van der Waals surface area (Å²) in [5, 5.41) is 10.3. The second-order valence-corrected chi connectivity index (χ2v) is 5.89. The third kappa shape index (κ3) is 4.60. The number of aliphatic hydroxyl groups is 1. The second kappa shape index (κ2) is 7.13. The molecule has 0 bridgehead atoms. The number of hydrogen-bond donors (Lipinski definition) is 1. The van der Waals surface area contributed by atoms with Crippen LogP contribution in [0.15, 0.2) is 24.3 Å². The lowest BCUT2D eigenvalue weighted by Crippen LogP contribution is -2.35. The fourth-order valence-corrected chi connectivity index (χ4v) is 2.63. The van der Waals surface area contributed by atoms with Crippen molar-refractivity contribution in [1.82, 2.24) is 4.90 Å². The van der Waals surface area contributed by atoms with Crippen molar-refractivity contribution in [2.75, 3.05) is 20.2 Å². The van der Waals surface area contributed by atoms with Crippen LogP contribution < -0.4 is 0 Å². The van der Waals surface area contributed by atoms with Crippen LogP contribution in [0.4, 0.5) is 0 Å². The van der Waals surface area contributed by atoms with Crippen LogP contribution in [0.3, 0.4) is 0 Å². The lowest BCUT2D eigenvalue weighted by atomic mass is 9.86. The minimum absolute atomic E-state index is 0.0231. The molecule has 2 nitrogen and oxygen atoms in total. The largest absolute Gasteiger partial charge is 0.396 e. The van der Waals surface area contributed by atoms with E-state index in [1.165, 1.54) is 0 Å². The zero-order chi connectivity index (χ0) is 13.6. The van der Waals surface area contributed by atoms with E-state index in [0.717, 1.165) is 36.5 Å². The van der Waals surface area contributed by atoms with Crippen molar-refractivity contribution in [3.8, 4) is 0 Å². The number of benzene rings is 1. The molecule has 0 fully saturated rings. The van der Waals surface area contributed by atoms with Crippen LogP contribution in [0.5, 0.6) is 0 Å². The lowest BCUT2D eigenvalue weighted by Gasteiger charge is -2.32. The first-order valence-electron chi connectivity index (χ1n) is 6.53. The molecule has 0 aliphatic heterocycles. The van der Waals surface area contributed by atoms with E-state index in [-0.39, 0.29) is 12.0 Å². The van der Waals surface area contributed by atoms with Crippen molar-refractivity contribution in [2.24, 2.45) is 5.41 Å².